The molecule has 0 fully saturated rings. The zero-order chi connectivity index (χ0) is 15.4. The van der Waals surface area contributed by atoms with Gasteiger partial charge in [-0.05, 0) is 56.5 Å². The third kappa shape index (κ3) is 2.99. The monoisotopic (exact) mass is 286 g/mol. The van der Waals surface area contributed by atoms with Crippen molar-refractivity contribution in [3.63, 3.8) is 0 Å². The second-order valence-electron chi connectivity index (χ2n) is 5.12. The van der Waals surface area contributed by atoms with Crippen LogP contribution in [0.25, 0.3) is 0 Å². The topological polar surface area (TPSA) is 40.6 Å². The number of benzene rings is 1. The van der Waals surface area contributed by atoms with Crippen LogP contribution in [0.3, 0.4) is 0 Å². The van der Waals surface area contributed by atoms with Crippen LogP contribution in [0.2, 0.25) is 0 Å². The summed E-state index contributed by atoms with van der Waals surface area (Å²) in [7, 11) is 0. The van der Waals surface area contributed by atoms with Gasteiger partial charge in [0.1, 0.15) is 0 Å². The third-order valence-corrected chi connectivity index (χ3v) is 3.94. The quantitative estimate of drug-likeness (QED) is 0.798. The van der Waals surface area contributed by atoms with Crippen molar-refractivity contribution in [3.8, 4) is 0 Å². The number of aryl methyl sites for hydroxylation is 1. The molecule has 2 amide bonds. The summed E-state index contributed by atoms with van der Waals surface area (Å²) in [5, 5.41) is 0. The Kier molecular flexibility index (Phi) is 4.78. The summed E-state index contributed by atoms with van der Waals surface area (Å²) >= 11 is 0. The molecule has 0 radical (unpaired) electrons. The van der Waals surface area contributed by atoms with Gasteiger partial charge in [0.2, 0.25) is 5.91 Å². The van der Waals surface area contributed by atoms with Gasteiger partial charge in [0.25, 0.3) is 5.91 Å². The van der Waals surface area contributed by atoms with Crippen LogP contribution < -0.4 is 4.90 Å². The summed E-state index contributed by atoms with van der Waals surface area (Å²) in [6.07, 6.45) is 3.15. The molecule has 1 aliphatic rings. The number of anilines is 1. The Labute approximate surface area is 126 Å². The fourth-order valence-corrected chi connectivity index (χ4v) is 2.76. The van der Waals surface area contributed by atoms with E-state index in [4.69, 9.17) is 0 Å². The highest BCUT2D eigenvalue weighted by Gasteiger charge is 2.22. The molecule has 112 valence electrons. The summed E-state index contributed by atoms with van der Waals surface area (Å²) in [5.74, 6) is -0.0336. The minimum absolute atomic E-state index is 0.0509. The molecule has 1 aromatic rings. The molecule has 1 heterocycles. The molecule has 1 aromatic carbocycles. The Bertz CT molecular complexity index is 562. The van der Waals surface area contributed by atoms with Crippen molar-refractivity contribution >= 4 is 17.5 Å². The maximum Gasteiger partial charge on any atom is 0.253 e. The molecule has 0 bridgehead atoms. The van der Waals surface area contributed by atoms with Gasteiger partial charge < -0.3 is 9.80 Å². The van der Waals surface area contributed by atoms with E-state index in [0.717, 1.165) is 24.1 Å². The number of amides is 2. The highest BCUT2D eigenvalue weighted by atomic mass is 16.2. The average Bonchev–Trinajstić information content (AvgIpc) is 2.54. The average molecular weight is 286 g/mol. The Balaban J connectivity index is 2.33. The molecule has 0 saturated carbocycles. The first-order valence-corrected chi connectivity index (χ1v) is 7.48. The van der Waals surface area contributed by atoms with Crippen LogP contribution >= 0.6 is 0 Å². The van der Waals surface area contributed by atoms with E-state index >= 15 is 0 Å². The van der Waals surface area contributed by atoms with Gasteiger partial charge in [-0.2, -0.15) is 0 Å². The fourth-order valence-electron chi connectivity index (χ4n) is 2.76. The first-order chi connectivity index (χ1) is 10.1. The normalized spacial score (nSPS) is 13.5. The van der Waals surface area contributed by atoms with Crippen molar-refractivity contribution in [1.29, 1.82) is 0 Å². The smallest absolute Gasteiger partial charge is 0.253 e. The van der Waals surface area contributed by atoms with Crippen LogP contribution in [0, 0.1) is 0 Å². The molecule has 4 heteroatoms. The predicted octanol–water partition coefficient (Wildman–Crippen LogP) is 2.63. The van der Waals surface area contributed by atoms with E-state index in [0.29, 0.717) is 25.2 Å². The minimum atomic E-state index is -0.0845. The Morgan fingerprint density at radius 2 is 2.05 bits per heavy atom. The van der Waals surface area contributed by atoms with Crippen LogP contribution in [0.5, 0.6) is 0 Å². The van der Waals surface area contributed by atoms with E-state index in [1.807, 2.05) is 32.0 Å². The van der Waals surface area contributed by atoms with Crippen molar-refractivity contribution in [1.82, 2.24) is 4.90 Å². The lowest BCUT2D eigenvalue weighted by atomic mass is 9.98. The zero-order valence-corrected chi connectivity index (χ0v) is 12.8. The largest absolute Gasteiger partial charge is 0.339 e. The van der Waals surface area contributed by atoms with E-state index < -0.39 is 0 Å². The Morgan fingerprint density at radius 1 is 1.33 bits per heavy atom. The maximum absolute atomic E-state index is 12.4. The second-order valence-corrected chi connectivity index (χ2v) is 5.12. The van der Waals surface area contributed by atoms with Gasteiger partial charge in [0.15, 0.2) is 0 Å². The molecule has 0 spiro atoms. The van der Waals surface area contributed by atoms with Crippen LogP contribution in [0.1, 0.15) is 36.2 Å². The Morgan fingerprint density at radius 3 is 2.67 bits per heavy atom. The number of hydrogen-bond acceptors (Lipinski definition) is 2. The predicted molar refractivity (Wildman–Crippen MR) is 84.6 cm³/mol. The molecule has 4 nitrogen and oxygen atoms in total. The number of carbonyl (C=O) groups excluding carboxylic acids is 2. The van der Waals surface area contributed by atoms with E-state index in [1.165, 1.54) is 6.08 Å². The molecule has 0 atom stereocenters. The summed E-state index contributed by atoms with van der Waals surface area (Å²) in [4.78, 5) is 27.8. The van der Waals surface area contributed by atoms with E-state index in [2.05, 4.69) is 6.58 Å². The summed E-state index contributed by atoms with van der Waals surface area (Å²) in [6.45, 7) is 9.61. The van der Waals surface area contributed by atoms with Gasteiger partial charge in [-0.15, -0.1) is 0 Å². The van der Waals surface area contributed by atoms with E-state index in [-0.39, 0.29) is 11.8 Å². The second kappa shape index (κ2) is 6.57. The molecular weight excluding hydrogens is 264 g/mol. The molecule has 0 saturated heterocycles. The summed E-state index contributed by atoms with van der Waals surface area (Å²) < 4.78 is 0. The van der Waals surface area contributed by atoms with Crippen LogP contribution in [0.15, 0.2) is 30.9 Å². The third-order valence-electron chi connectivity index (χ3n) is 3.94. The number of rotatable bonds is 4. The molecule has 0 N–H and O–H groups in total. The number of fused-ring (bicyclic) bond motifs is 1. The molecular formula is C17H22N2O2. The van der Waals surface area contributed by atoms with Crippen molar-refractivity contribution in [2.75, 3.05) is 24.5 Å². The van der Waals surface area contributed by atoms with Crippen molar-refractivity contribution in [2.24, 2.45) is 0 Å². The Hall–Kier alpha value is -2.10. The number of nitrogens with zero attached hydrogens (tertiary/aromatic N) is 2. The van der Waals surface area contributed by atoms with Crippen LogP contribution in [-0.2, 0) is 11.2 Å². The molecule has 21 heavy (non-hydrogen) atoms. The van der Waals surface area contributed by atoms with Crippen LogP contribution in [0.4, 0.5) is 5.69 Å². The summed E-state index contributed by atoms with van der Waals surface area (Å²) in [6, 6.07) is 5.62. The lowest BCUT2D eigenvalue weighted by Crippen LogP contribution is -2.34. The van der Waals surface area contributed by atoms with E-state index in [9.17, 15) is 9.59 Å². The van der Waals surface area contributed by atoms with Gasteiger partial charge in [0, 0.05) is 30.9 Å². The molecule has 0 unspecified atom stereocenters. The highest BCUT2D eigenvalue weighted by Crippen LogP contribution is 2.28. The lowest BCUT2D eigenvalue weighted by molar-refractivity contribution is -0.114. The van der Waals surface area contributed by atoms with Gasteiger partial charge in [-0.25, -0.2) is 0 Å². The SMILES string of the molecule is C=CC(=O)N1CCCc2cc(C(=O)N(CC)CC)ccc21. The lowest BCUT2D eigenvalue weighted by Gasteiger charge is -2.29. The molecule has 0 aliphatic carbocycles. The highest BCUT2D eigenvalue weighted by molar-refractivity contribution is 6.02. The first-order valence-electron chi connectivity index (χ1n) is 7.48. The summed E-state index contributed by atoms with van der Waals surface area (Å²) in [5.41, 5.74) is 2.67. The van der Waals surface area contributed by atoms with Crippen molar-refractivity contribution < 1.29 is 9.59 Å². The standard InChI is InChI=1S/C17H22N2O2/c1-4-16(20)19-11-7-8-13-12-14(9-10-15(13)19)17(21)18(5-2)6-3/h4,9-10,12H,1,5-8,11H2,2-3H3. The number of hydrogen-bond donors (Lipinski definition) is 0. The van der Waals surface area contributed by atoms with Gasteiger partial charge in [-0.1, -0.05) is 6.58 Å². The molecule has 0 aromatic heterocycles. The van der Waals surface area contributed by atoms with Gasteiger partial charge in [-0.3, -0.25) is 9.59 Å². The van der Waals surface area contributed by atoms with Crippen molar-refractivity contribution in [3.05, 3.63) is 42.0 Å². The van der Waals surface area contributed by atoms with Crippen molar-refractivity contribution in [2.45, 2.75) is 26.7 Å². The number of carbonyl (C=O) groups is 2. The zero-order valence-electron chi connectivity index (χ0n) is 12.8. The van der Waals surface area contributed by atoms with Gasteiger partial charge in [0.05, 0.1) is 0 Å². The molecule has 2 rings (SSSR count). The maximum atomic E-state index is 12.4. The van der Waals surface area contributed by atoms with Crippen LogP contribution in [-0.4, -0.2) is 36.3 Å². The first kappa shape index (κ1) is 15.3. The van der Waals surface area contributed by atoms with Gasteiger partial charge >= 0.3 is 0 Å². The molecule has 1 aliphatic heterocycles. The minimum Gasteiger partial charge on any atom is -0.339 e. The fraction of sp³-hybridized carbons (Fsp3) is 0.412. The van der Waals surface area contributed by atoms with E-state index in [1.54, 1.807) is 9.80 Å².